The number of H-pyrrole nitrogens is 1. The fourth-order valence-corrected chi connectivity index (χ4v) is 1.36. The van der Waals surface area contributed by atoms with E-state index in [1.54, 1.807) is 13.3 Å². The highest BCUT2D eigenvalue weighted by atomic mass is 16.5. The number of hydrogen-bond acceptors (Lipinski definition) is 4. The summed E-state index contributed by atoms with van der Waals surface area (Å²) >= 11 is 0. The molecule has 0 bridgehead atoms. The third kappa shape index (κ3) is 2.51. The third-order valence-corrected chi connectivity index (χ3v) is 2.08. The normalized spacial score (nSPS) is 11.0. The molecule has 2 aromatic heterocycles. The number of ether oxygens (including phenoxy) is 1. The SMILES string of the molecule is COCCNCc1nc2ncccc2[nH]1. The molecule has 0 saturated carbocycles. The monoisotopic (exact) mass is 206 g/mol. The van der Waals surface area contributed by atoms with Gasteiger partial charge >= 0.3 is 0 Å². The number of hydrogen-bond donors (Lipinski definition) is 2. The molecule has 0 unspecified atom stereocenters. The second-order valence-electron chi connectivity index (χ2n) is 3.23. The Morgan fingerprint density at radius 1 is 1.53 bits per heavy atom. The molecule has 0 aromatic carbocycles. The highest BCUT2D eigenvalue weighted by Crippen LogP contribution is 2.06. The van der Waals surface area contributed by atoms with Gasteiger partial charge in [-0.05, 0) is 12.1 Å². The molecule has 0 fully saturated rings. The van der Waals surface area contributed by atoms with Gasteiger partial charge in [0.25, 0.3) is 0 Å². The lowest BCUT2D eigenvalue weighted by Crippen LogP contribution is -2.19. The van der Waals surface area contributed by atoms with Crippen molar-refractivity contribution in [2.75, 3.05) is 20.3 Å². The van der Waals surface area contributed by atoms with Crippen molar-refractivity contribution in [2.45, 2.75) is 6.54 Å². The van der Waals surface area contributed by atoms with E-state index in [-0.39, 0.29) is 0 Å². The van der Waals surface area contributed by atoms with E-state index < -0.39 is 0 Å². The van der Waals surface area contributed by atoms with E-state index in [0.717, 1.165) is 23.5 Å². The standard InChI is InChI=1S/C10H14N4O/c1-15-6-5-11-7-9-13-8-3-2-4-12-10(8)14-9/h2-4,11H,5-7H2,1H3,(H,12,13,14). The van der Waals surface area contributed by atoms with Crippen LogP contribution in [0.2, 0.25) is 0 Å². The fourth-order valence-electron chi connectivity index (χ4n) is 1.36. The number of nitrogens with one attached hydrogen (secondary N) is 2. The molecule has 2 rings (SSSR count). The molecule has 0 aliphatic heterocycles. The molecule has 15 heavy (non-hydrogen) atoms. The molecule has 5 heteroatoms. The largest absolute Gasteiger partial charge is 0.383 e. The van der Waals surface area contributed by atoms with Gasteiger partial charge in [-0.15, -0.1) is 0 Å². The smallest absolute Gasteiger partial charge is 0.177 e. The number of nitrogens with zero attached hydrogens (tertiary/aromatic N) is 2. The van der Waals surface area contributed by atoms with Gasteiger partial charge in [0.1, 0.15) is 5.82 Å². The van der Waals surface area contributed by atoms with Crippen LogP contribution in [0.25, 0.3) is 11.2 Å². The molecule has 0 aliphatic carbocycles. The van der Waals surface area contributed by atoms with Crippen LogP contribution in [0.5, 0.6) is 0 Å². The van der Waals surface area contributed by atoms with Gasteiger partial charge in [0.05, 0.1) is 18.7 Å². The van der Waals surface area contributed by atoms with E-state index in [1.165, 1.54) is 0 Å². The van der Waals surface area contributed by atoms with Crippen LogP contribution in [0.3, 0.4) is 0 Å². The molecule has 0 atom stereocenters. The summed E-state index contributed by atoms with van der Waals surface area (Å²) in [6.45, 7) is 2.24. The van der Waals surface area contributed by atoms with Crippen molar-refractivity contribution in [2.24, 2.45) is 0 Å². The summed E-state index contributed by atoms with van der Waals surface area (Å²) in [5.41, 5.74) is 1.74. The molecular formula is C10H14N4O. The number of aromatic amines is 1. The molecule has 0 spiro atoms. The molecule has 2 heterocycles. The molecule has 0 amide bonds. The van der Waals surface area contributed by atoms with Gasteiger partial charge in [-0.3, -0.25) is 0 Å². The van der Waals surface area contributed by atoms with Crippen LogP contribution in [0.1, 0.15) is 5.82 Å². The first kappa shape index (κ1) is 10.1. The molecule has 0 saturated heterocycles. The van der Waals surface area contributed by atoms with E-state index in [0.29, 0.717) is 13.2 Å². The predicted octanol–water partition coefficient (Wildman–Crippen LogP) is 0.694. The lowest BCUT2D eigenvalue weighted by Gasteiger charge is -1.99. The first-order valence-corrected chi connectivity index (χ1v) is 4.89. The van der Waals surface area contributed by atoms with Crippen LogP contribution in [0.4, 0.5) is 0 Å². The maximum absolute atomic E-state index is 4.93. The number of methoxy groups -OCH3 is 1. The first-order chi connectivity index (χ1) is 7.40. The zero-order chi connectivity index (χ0) is 10.5. The van der Waals surface area contributed by atoms with E-state index >= 15 is 0 Å². The van der Waals surface area contributed by atoms with Crippen LogP contribution in [0.15, 0.2) is 18.3 Å². The summed E-state index contributed by atoms with van der Waals surface area (Å²) in [6.07, 6.45) is 1.74. The van der Waals surface area contributed by atoms with Crippen molar-refractivity contribution in [3.8, 4) is 0 Å². The molecular weight excluding hydrogens is 192 g/mol. The molecule has 0 aliphatic rings. The van der Waals surface area contributed by atoms with Crippen LogP contribution in [-0.2, 0) is 11.3 Å². The number of imidazole rings is 1. The minimum atomic E-state index is 0.707. The van der Waals surface area contributed by atoms with Gasteiger partial charge in [-0.2, -0.15) is 0 Å². The maximum Gasteiger partial charge on any atom is 0.177 e. The van der Waals surface area contributed by atoms with Crippen molar-refractivity contribution < 1.29 is 4.74 Å². The summed E-state index contributed by atoms with van der Waals surface area (Å²) in [5.74, 6) is 0.903. The van der Waals surface area contributed by atoms with Gasteiger partial charge in [0.15, 0.2) is 5.65 Å². The van der Waals surface area contributed by atoms with Gasteiger partial charge in [-0.1, -0.05) is 0 Å². The minimum Gasteiger partial charge on any atom is -0.383 e. The third-order valence-electron chi connectivity index (χ3n) is 2.08. The second kappa shape index (κ2) is 4.86. The van der Waals surface area contributed by atoms with Crippen LogP contribution >= 0.6 is 0 Å². The molecule has 0 radical (unpaired) electrons. The summed E-state index contributed by atoms with van der Waals surface area (Å²) in [7, 11) is 1.69. The van der Waals surface area contributed by atoms with Crippen molar-refractivity contribution in [3.63, 3.8) is 0 Å². The highest BCUT2D eigenvalue weighted by Gasteiger charge is 2.01. The fraction of sp³-hybridized carbons (Fsp3) is 0.400. The topological polar surface area (TPSA) is 62.8 Å². The zero-order valence-corrected chi connectivity index (χ0v) is 8.66. The Morgan fingerprint density at radius 3 is 3.27 bits per heavy atom. The quantitative estimate of drug-likeness (QED) is 0.707. The second-order valence-corrected chi connectivity index (χ2v) is 3.23. The lowest BCUT2D eigenvalue weighted by atomic mass is 10.4. The average Bonchev–Trinajstić information content (AvgIpc) is 2.67. The summed E-state index contributed by atoms with van der Waals surface area (Å²) in [6, 6.07) is 3.86. The van der Waals surface area contributed by atoms with Crippen molar-refractivity contribution in [1.29, 1.82) is 0 Å². The zero-order valence-electron chi connectivity index (χ0n) is 8.66. The van der Waals surface area contributed by atoms with Crippen molar-refractivity contribution >= 4 is 11.2 Å². The van der Waals surface area contributed by atoms with Crippen LogP contribution in [0, 0.1) is 0 Å². The molecule has 5 nitrogen and oxygen atoms in total. The Balaban J connectivity index is 1.97. The highest BCUT2D eigenvalue weighted by molar-refractivity contribution is 5.69. The minimum absolute atomic E-state index is 0.707. The van der Waals surface area contributed by atoms with Gasteiger partial charge < -0.3 is 15.0 Å². The Labute approximate surface area is 87.9 Å². The van der Waals surface area contributed by atoms with E-state index in [4.69, 9.17) is 4.74 Å². The number of aromatic nitrogens is 3. The molecule has 2 aromatic rings. The number of pyridine rings is 1. The van der Waals surface area contributed by atoms with Crippen LogP contribution < -0.4 is 5.32 Å². The Hall–Kier alpha value is -1.46. The van der Waals surface area contributed by atoms with E-state index in [2.05, 4.69) is 20.3 Å². The lowest BCUT2D eigenvalue weighted by molar-refractivity contribution is 0.199. The van der Waals surface area contributed by atoms with Gasteiger partial charge in [-0.25, -0.2) is 9.97 Å². The Bertz CT molecular complexity index is 393. The Kier molecular flexibility index (Phi) is 3.26. The first-order valence-electron chi connectivity index (χ1n) is 4.89. The Morgan fingerprint density at radius 2 is 2.47 bits per heavy atom. The summed E-state index contributed by atoms with van der Waals surface area (Å²) < 4.78 is 4.93. The van der Waals surface area contributed by atoms with E-state index in [1.807, 2.05) is 12.1 Å². The summed E-state index contributed by atoms with van der Waals surface area (Å²) in [4.78, 5) is 11.7. The summed E-state index contributed by atoms with van der Waals surface area (Å²) in [5, 5.41) is 3.22. The van der Waals surface area contributed by atoms with Gasteiger partial charge in [0.2, 0.25) is 0 Å². The number of rotatable bonds is 5. The van der Waals surface area contributed by atoms with Crippen molar-refractivity contribution in [3.05, 3.63) is 24.2 Å². The number of fused-ring (bicyclic) bond motifs is 1. The van der Waals surface area contributed by atoms with Crippen molar-refractivity contribution in [1.82, 2.24) is 20.3 Å². The maximum atomic E-state index is 4.93. The molecule has 80 valence electrons. The average molecular weight is 206 g/mol. The van der Waals surface area contributed by atoms with E-state index in [9.17, 15) is 0 Å². The molecule has 2 N–H and O–H groups in total. The van der Waals surface area contributed by atoms with Gasteiger partial charge in [0, 0.05) is 19.9 Å². The van der Waals surface area contributed by atoms with Crippen LogP contribution in [-0.4, -0.2) is 35.2 Å². The predicted molar refractivity (Wildman–Crippen MR) is 57.5 cm³/mol.